The number of amides is 2. The molecule has 0 atom stereocenters. The molecule has 1 N–H and O–H groups in total. The second-order valence-electron chi connectivity index (χ2n) is 10.9. The average molecular weight is 514 g/mol. The van der Waals surface area contributed by atoms with E-state index in [4.69, 9.17) is 4.42 Å². The van der Waals surface area contributed by atoms with Gasteiger partial charge in [-0.3, -0.25) is 9.59 Å². The Labute approximate surface area is 225 Å². The Morgan fingerprint density at radius 3 is 2.37 bits per heavy atom. The number of fused-ring (bicyclic) bond motifs is 1. The first kappa shape index (κ1) is 27.2. The zero-order chi connectivity index (χ0) is 27.1. The number of furan rings is 1. The molecule has 2 aromatic heterocycles. The van der Waals surface area contributed by atoms with Gasteiger partial charge in [-0.05, 0) is 53.1 Å². The number of unbranched alkanes of at least 4 members (excludes halogenated alkanes) is 1. The summed E-state index contributed by atoms with van der Waals surface area (Å²) >= 11 is 0. The van der Waals surface area contributed by atoms with Crippen LogP contribution >= 0.6 is 0 Å². The van der Waals surface area contributed by atoms with E-state index in [1.807, 2.05) is 23.2 Å². The quantitative estimate of drug-likeness (QED) is 0.247. The van der Waals surface area contributed by atoms with Crippen LogP contribution in [-0.4, -0.2) is 46.2 Å². The highest BCUT2D eigenvalue weighted by atomic mass is 16.3. The van der Waals surface area contributed by atoms with Gasteiger partial charge in [-0.25, -0.2) is 0 Å². The zero-order valence-corrected chi connectivity index (χ0v) is 23.0. The van der Waals surface area contributed by atoms with Crippen molar-refractivity contribution in [2.45, 2.75) is 58.9 Å². The first-order valence-electron chi connectivity index (χ1n) is 13.5. The molecule has 0 radical (unpaired) electrons. The summed E-state index contributed by atoms with van der Waals surface area (Å²) in [5.41, 5.74) is 4.66. The van der Waals surface area contributed by atoms with Gasteiger partial charge >= 0.3 is 0 Å². The maximum Gasteiger partial charge on any atom is 0.290 e. The molecule has 0 fully saturated rings. The molecule has 0 saturated carbocycles. The van der Waals surface area contributed by atoms with E-state index in [0.29, 0.717) is 19.6 Å². The third kappa shape index (κ3) is 6.74. The van der Waals surface area contributed by atoms with Crippen LogP contribution in [0.3, 0.4) is 0 Å². The standard InChI is InChI=1S/C32H39N3O3/c1-5-6-18-35(31(37)29-12-9-20-38-29)23-30(36)34(22-24-13-15-26(16-14-24)32(2,3)4)19-17-25-21-33-28-11-8-7-10-27(25)28/h7-16,20-21,33H,5-6,17-19,22-23H2,1-4H3. The fourth-order valence-electron chi connectivity index (χ4n) is 4.64. The van der Waals surface area contributed by atoms with Crippen LogP contribution in [0.25, 0.3) is 10.9 Å². The largest absolute Gasteiger partial charge is 0.459 e. The number of para-hydroxylation sites is 1. The molecular weight excluding hydrogens is 474 g/mol. The summed E-state index contributed by atoms with van der Waals surface area (Å²) in [6.07, 6.45) is 5.99. The molecule has 4 rings (SSSR count). The van der Waals surface area contributed by atoms with Crippen molar-refractivity contribution in [2.75, 3.05) is 19.6 Å². The van der Waals surface area contributed by atoms with Crippen LogP contribution < -0.4 is 0 Å². The van der Waals surface area contributed by atoms with Crippen molar-refractivity contribution in [3.63, 3.8) is 0 Å². The highest BCUT2D eigenvalue weighted by molar-refractivity contribution is 5.94. The van der Waals surface area contributed by atoms with Crippen molar-refractivity contribution in [2.24, 2.45) is 0 Å². The summed E-state index contributed by atoms with van der Waals surface area (Å²) in [7, 11) is 0. The number of nitrogens with one attached hydrogen (secondary N) is 1. The van der Waals surface area contributed by atoms with Gasteiger partial charge in [-0.1, -0.05) is 76.6 Å². The molecule has 0 aliphatic carbocycles. The molecule has 0 spiro atoms. The van der Waals surface area contributed by atoms with Crippen LogP contribution in [0.15, 0.2) is 77.5 Å². The van der Waals surface area contributed by atoms with E-state index < -0.39 is 0 Å². The number of rotatable bonds is 11. The fraction of sp³-hybridized carbons (Fsp3) is 0.375. The van der Waals surface area contributed by atoms with Crippen molar-refractivity contribution < 1.29 is 14.0 Å². The molecule has 0 saturated heterocycles. The molecule has 4 aromatic rings. The maximum absolute atomic E-state index is 13.7. The van der Waals surface area contributed by atoms with Crippen LogP contribution in [0, 0.1) is 0 Å². The Hall–Kier alpha value is -3.80. The summed E-state index contributed by atoms with van der Waals surface area (Å²) in [6, 6.07) is 20.1. The fourth-order valence-corrected chi connectivity index (χ4v) is 4.64. The van der Waals surface area contributed by atoms with E-state index in [0.717, 1.165) is 30.3 Å². The highest BCUT2D eigenvalue weighted by Gasteiger charge is 2.24. The van der Waals surface area contributed by atoms with E-state index >= 15 is 0 Å². The molecule has 6 heteroatoms. The predicted octanol–water partition coefficient (Wildman–Crippen LogP) is 6.57. The minimum Gasteiger partial charge on any atom is -0.459 e. The normalized spacial score (nSPS) is 11.6. The van der Waals surface area contributed by atoms with Gasteiger partial charge in [0.15, 0.2) is 5.76 Å². The minimum absolute atomic E-state index is 0.0213. The first-order valence-corrected chi connectivity index (χ1v) is 13.5. The van der Waals surface area contributed by atoms with E-state index in [9.17, 15) is 9.59 Å². The highest BCUT2D eigenvalue weighted by Crippen LogP contribution is 2.23. The number of aromatic nitrogens is 1. The summed E-state index contributed by atoms with van der Waals surface area (Å²) in [4.78, 5) is 33.7. The van der Waals surface area contributed by atoms with Gasteiger partial charge in [0.1, 0.15) is 6.54 Å². The lowest BCUT2D eigenvalue weighted by Gasteiger charge is -2.28. The van der Waals surface area contributed by atoms with E-state index in [-0.39, 0.29) is 29.5 Å². The van der Waals surface area contributed by atoms with Crippen molar-refractivity contribution in [3.8, 4) is 0 Å². The molecule has 0 unspecified atom stereocenters. The van der Waals surface area contributed by atoms with Crippen LogP contribution in [0.1, 0.15) is 67.8 Å². The average Bonchev–Trinajstić information content (AvgIpc) is 3.59. The van der Waals surface area contributed by atoms with Crippen LogP contribution in [0.5, 0.6) is 0 Å². The van der Waals surface area contributed by atoms with Gasteiger partial charge in [0, 0.05) is 36.7 Å². The smallest absolute Gasteiger partial charge is 0.290 e. The molecule has 38 heavy (non-hydrogen) atoms. The molecule has 6 nitrogen and oxygen atoms in total. The number of hydrogen-bond acceptors (Lipinski definition) is 3. The molecular formula is C32H39N3O3. The van der Waals surface area contributed by atoms with Gasteiger partial charge < -0.3 is 19.2 Å². The van der Waals surface area contributed by atoms with Crippen molar-refractivity contribution in [3.05, 3.63) is 95.6 Å². The van der Waals surface area contributed by atoms with Gasteiger partial charge in [0.25, 0.3) is 5.91 Å². The summed E-state index contributed by atoms with van der Waals surface area (Å²) in [5, 5.41) is 1.17. The van der Waals surface area contributed by atoms with Gasteiger partial charge in [-0.2, -0.15) is 0 Å². The summed E-state index contributed by atoms with van der Waals surface area (Å²) in [5.74, 6) is -0.0549. The molecule has 200 valence electrons. The number of aromatic amines is 1. The molecule has 0 bridgehead atoms. The molecule has 0 aliphatic heterocycles. The van der Waals surface area contributed by atoms with Crippen molar-refractivity contribution in [1.29, 1.82) is 0 Å². The number of H-pyrrole nitrogens is 1. The lowest BCUT2D eigenvalue weighted by atomic mass is 9.87. The molecule has 2 amide bonds. The van der Waals surface area contributed by atoms with E-state index in [2.05, 4.69) is 69.1 Å². The van der Waals surface area contributed by atoms with Crippen LogP contribution in [-0.2, 0) is 23.2 Å². The van der Waals surface area contributed by atoms with Crippen LogP contribution in [0.4, 0.5) is 0 Å². The zero-order valence-electron chi connectivity index (χ0n) is 23.0. The van der Waals surface area contributed by atoms with Gasteiger partial charge in [0.05, 0.1) is 6.26 Å². The lowest BCUT2D eigenvalue weighted by Crippen LogP contribution is -2.43. The Morgan fingerprint density at radius 1 is 0.921 bits per heavy atom. The topological polar surface area (TPSA) is 69.6 Å². The first-order chi connectivity index (χ1) is 18.3. The van der Waals surface area contributed by atoms with Crippen LogP contribution in [0.2, 0.25) is 0 Å². The maximum atomic E-state index is 13.7. The van der Waals surface area contributed by atoms with Crippen molar-refractivity contribution in [1.82, 2.24) is 14.8 Å². The molecule has 0 aliphatic rings. The number of carbonyl (C=O) groups is 2. The monoisotopic (exact) mass is 513 g/mol. The van der Waals surface area contributed by atoms with E-state index in [1.165, 1.54) is 22.8 Å². The summed E-state index contributed by atoms with van der Waals surface area (Å²) in [6.45, 7) is 10.2. The summed E-state index contributed by atoms with van der Waals surface area (Å²) < 4.78 is 5.35. The van der Waals surface area contributed by atoms with Crippen molar-refractivity contribution >= 4 is 22.7 Å². The Bertz CT molecular complexity index is 1330. The number of nitrogens with zero attached hydrogens (tertiary/aromatic N) is 2. The third-order valence-electron chi connectivity index (χ3n) is 7.00. The lowest BCUT2D eigenvalue weighted by molar-refractivity contribution is -0.132. The van der Waals surface area contributed by atoms with Gasteiger partial charge in [0.2, 0.25) is 5.91 Å². The minimum atomic E-state index is -0.247. The third-order valence-corrected chi connectivity index (χ3v) is 7.00. The Kier molecular flexibility index (Phi) is 8.72. The SMILES string of the molecule is CCCCN(CC(=O)N(CCc1c[nH]c2ccccc12)Cc1ccc(C(C)(C)C)cc1)C(=O)c1ccco1. The second-order valence-corrected chi connectivity index (χ2v) is 10.9. The number of carbonyl (C=O) groups excluding carboxylic acids is 2. The molecule has 2 heterocycles. The second kappa shape index (κ2) is 12.2. The number of benzene rings is 2. The predicted molar refractivity (Wildman–Crippen MR) is 152 cm³/mol. The van der Waals surface area contributed by atoms with Gasteiger partial charge in [-0.15, -0.1) is 0 Å². The number of hydrogen-bond donors (Lipinski definition) is 1. The van der Waals surface area contributed by atoms with E-state index in [1.54, 1.807) is 17.0 Å². The molecule has 2 aromatic carbocycles. The Morgan fingerprint density at radius 2 is 1.68 bits per heavy atom. The Balaban J connectivity index is 1.54.